The van der Waals surface area contributed by atoms with E-state index in [1.807, 2.05) is 13.0 Å². The van der Waals surface area contributed by atoms with E-state index in [0.717, 1.165) is 30.9 Å². The summed E-state index contributed by atoms with van der Waals surface area (Å²) in [5.74, 6) is -5.18. The Bertz CT molecular complexity index is 4740. The Hall–Kier alpha value is -7.56. The number of aryl methyl sites for hydroxylation is 2. The van der Waals surface area contributed by atoms with Gasteiger partial charge in [-0.05, 0) is 159 Å². The summed E-state index contributed by atoms with van der Waals surface area (Å²) in [6, 6.07) is 19.0. The number of carbonyl (C=O) groups is 5. The normalized spacial score (nSPS) is 12.2. The van der Waals surface area contributed by atoms with Gasteiger partial charge in [0.2, 0.25) is 0 Å². The Morgan fingerprint density at radius 3 is 1.08 bits per heavy atom. The predicted molar refractivity (Wildman–Crippen MR) is 365 cm³/mol. The molecule has 0 atom stereocenters. The molecule has 5 heterocycles. The van der Waals surface area contributed by atoms with Gasteiger partial charge in [0.1, 0.15) is 39.4 Å². The van der Waals surface area contributed by atoms with E-state index in [0.29, 0.717) is 33.1 Å². The fraction of sp³-hybridized carbons (Fsp3) is 0.224. The van der Waals surface area contributed by atoms with E-state index in [2.05, 4.69) is 15.5 Å². The van der Waals surface area contributed by atoms with Gasteiger partial charge in [0.05, 0.1) is 41.2 Å². The van der Waals surface area contributed by atoms with E-state index in [1.54, 1.807) is 76.5 Å². The lowest BCUT2D eigenvalue weighted by atomic mass is 9.98. The second-order valence-electron chi connectivity index (χ2n) is 23.7. The molecule has 0 unspecified atom stereocenters. The maximum atomic E-state index is 15.3. The molecule has 0 radical (unpaired) electrons. The molecule has 0 fully saturated rings. The number of esters is 1. The highest BCUT2D eigenvalue weighted by molar-refractivity contribution is 6.44. The van der Waals surface area contributed by atoms with Gasteiger partial charge in [-0.15, -0.1) is 0 Å². The SMILES string of the molecule is CC(C)(F)c1onc(-c2c(Cl)cc(Cl)cc2Cl)c1C(=O)O.Cc1cn(C(=O)c2c(-c3c(Cl)cc(Cl)cc3Cl)noc2C(C)(C)F)c2cccc(/C=C/C(=O)O)c12.Cc1cn(C(=O)c2c(-c3c(Cl)cc(Cl)cc3Cl)noc2C(C)(C)F)c2cccc(/C=C/C(=O)OC(C)(C)C)c12. The fourth-order valence-electron chi connectivity index (χ4n) is 10.0. The number of benzene rings is 5. The molecule has 0 amide bonds. The Morgan fingerprint density at radius 1 is 0.484 bits per heavy atom. The number of aliphatic carboxylic acids is 1. The number of halogens is 12. The molecule has 10 aromatic rings. The minimum absolute atomic E-state index is 0.00660. The predicted octanol–water partition coefficient (Wildman–Crippen LogP) is 21.6. The minimum atomic E-state index is -2.06. The largest absolute Gasteiger partial charge is 0.478 e. The van der Waals surface area contributed by atoms with E-state index >= 15 is 8.78 Å². The Labute approximate surface area is 585 Å². The molecule has 0 bridgehead atoms. The van der Waals surface area contributed by atoms with Crippen molar-refractivity contribution in [2.75, 3.05) is 0 Å². The third kappa shape index (κ3) is 16.0. The second-order valence-corrected chi connectivity index (χ2v) is 27.4. The van der Waals surface area contributed by atoms with Gasteiger partial charge in [0, 0.05) is 67.1 Å². The highest BCUT2D eigenvalue weighted by Crippen LogP contribution is 2.46. The zero-order chi connectivity index (χ0) is 70.5. The maximum Gasteiger partial charge on any atom is 0.341 e. The van der Waals surface area contributed by atoms with Gasteiger partial charge in [-0.1, -0.05) is 144 Å². The molecule has 496 valence electrons. The van der Waals surface area contributed by atoms with Crippen molar-refractivity contribution in [2.24, 2.45) is 0 Å². The zero-order valence-corrected chi connectivity index (χ0v) is 58.5. The van der Waals surface area contributed by atoms with E-state index in [-0.39, 0.29) is 102 Å². The van der Waals surface area contributed by atoms with Crippen molar-refractivity contribution in [1.29, 1.82) is 0 Å². The summed E-state index contributed by atoms with van der Waals surface area (Å²) in [6.45, 7) is 16.3. The summed E-state index contributed by atoms with van der Waals surface area (Å²) in [5.41, 5.74) is -3.35. The number of carbonyl (C=O) groups excluding carboxylic acids is 3. The van der Waals surface area contributed by atoms with Crippen molar-refractivity contribution in [2.45, 2.75) is 98.8 Å². The number of hydrogen-bond acceptors (Lipinski definition) is 12. The van der Waals surface area contributed by atoms with Crippen LogP contribution >= 0.6 is 104 Å². The lowest BCUT2D eigenvalue weighted by Crippen LogP contribution is -2.22. The maximum absolute atomic E-state index is 15.3. The van der Waals surface area contributed by atoms with Gasteiger partial charge in [0.25, 0.3) is 11.8 Å². The summed E-state index contributed by atoms with van der Waals surface area (Å²) >= 11 is 55.6. The first-order chi connectivity index (χ1) is 44.1. The molecule has 0 aliphatic rings. The van der Waals surface area contributed by atoms with Crippen LogP contribution in [0.2, 0.25) is 45.2 Å². The monoisotopic (exact) mass is 1480 g/mol. The molecule has 16 nitrogen and oxygen atoms in total. The summed E-state index contributed by atoms with van der Waals surface area (Å²) in [4.78, 5) is 62.7. The van der Waals surface area contributed by atoms with E-state index < -0.39 is 63.7 Å². The third-order valence-corrected chi connectivity index (χ3v) is 16.3. The van der Waals surface area contributed by atoms with Crippen molar-refractivity contribution in [3.8, 4) is 33.8 Å². The van der Waals surface area contributed by atoms with Crippen LogP contribution in [0.5, 0.6) is 0 Å². The van der Waals surface area contributed by atoms with Crippen molar-refractivity contribution in [3.63, 3.8) is 0 Å². The highest BCUT2D eigenvalue weighted by atomic mass is 35.5. The number of carboxylic acids is 2. The molecule has 10 rings (SSSR count). The topological polar surface area (TPSA) is 223 Å². The number of carboxylic acid groups (broad SMARTS) is 2. The van der Waals surface area contributed by atoms with Crippen molar-refractivity contribution in [3.05, 3.63) is 199 Å². The number of ether oxygens (including phenoxy) is 1. The van der Waals surface area contributed by atoms with Crippen molar-refractivity contribution in [1.82, 2.24) is 24.6 Å². The number of rotatable bonds is 13. The average molecular weight is 1480 g/mol. The molecule has 0 spiro atoms. The lowest BCUT2D eigenvalue weighted by molar-refractivity contribution is -0.148. The first kappa shape index (κ1) is 73.3. The number of aromatic nitrogens is 5. The van der Waals surface area contributed by atoms with E-state index in [1.165, 1.54) is 85.4 Å². The molecule has 2 N–H and O–H groups in total. The Kier molecular flexibility index (Phi) is 21.8. The molecule has 95 heavy (non-hydrogen) atoms. The standard InChI is InChI=1S/C29H26Cl3FN2O4.C25H18Cl3FN2O4.C13H9Cl3FNO3/c1-15-14-35(20-9-7-8-16(22(15)20)10-11-21(36)38-28(2,3)4)27(37)24-25(34-39-26(24)29(5,6)33)23-18(31)12-17(30)13-19(23)32;1-12-11-31(17-6-4-5-13(19(12)17)7-8-18(32)33)24(34)21-22(30-35-23(21)25(2,3)29)20-15(27)9-14(26)10-16(20)28;1-13(2,17)11-9(12(19)20)10(18-21-11)8-6(15)3-5(14)4-7(8)16/h7-14H,1-6H3;4-11H,1-3H3,(H,32,33);3-4H,1-2H3,(H,19,20)/b11-10+;8-7+;. The number of aromatic carboxylic acids is 1. The molecule has 0 saturated heterocycles. The van der Waals surface area contributed by atoms with Crippen LogP contribution in [0.3, 0.4) is 0 Å². The summed E-state index contributed by atoms with van der Waals surface area (Å²) in [6.07, 6.45) is 8.65. The van der Waals surface area contributed by atoms with Crippen LogP contribution in [0.25, 0.3) is 67.7 Å². The number of alkyl halides is 3. The van der Waals surface area contributed by atoms with Gasteiger partial charge in [-0.2, -0.15) is 0 Å². The quantitative estimate of drug-likeness (QED) is 0.0810. The van der Waals surface area contributed by atoms with Crippen molar-refractivity contribution >= 4 is 168 Å². The molecule has 28 heteroatoms. The molecule has 0 saturated carbocycles. The zero-order valence-electron chi connectivity index (χ0n) is 51.7. The van der Waals surface area contributed by atoms with Gasteiger partial charge in [-0.25, -0.2) is 27.6 Å². The number of fused-ring (bicyclic) bond motifs is 2. The van der Waals surface area contributed by atoms with E-state index in [9.17, 15) is 33.5 Å². The smallest absolute Gasteiger partial charge is 0.341 e. The summed E-state index contributed by atoms with van der Waals surface area (Å²) in [7, 11) is 0. The fourth-order valence-corrected chi connectivity index (χ4v) is 13.0. The van der Waals surface area contributed by atoms with Crippen LogP contribution in [0.4, 0.5) is 13.2 Å². The van der Waals surface area contributed by atoms with Crippen molar-refractivity contribution < 1.29 is 65.7 Å². The minimum Gasteiger partial charge on any atom is -0.478 e. The third-order valence-electron chi connectivity index (χ3n) is 13.8. The van der Waals surface area contributed by atoms with Gasteiger partial charge < -0.3 is 28.5 Å². The highest BCUT2D eigenvalue weighted by Gasteiger charge is 2.40. The average Bonchev–Trinajstić information content (AvgIpc) is 1.63. The van der Waals surface area contributed by atoms with Gasteiger partial charge in [0.15, 0.2) is 34.3 Å². The lowest BCUT2D eigenvalue weighted by Gasteiger charge is -2.17. The number of hydrogen-bond donors (Lipinski definition) is 2. The first-order valence-electron chi connectivity index (χ1n) is 28.0. The molecule has 5 aromatic heterocycles. The second kappa shape index (κ2) is 28.3. The molecular weight excluding hydrogens is 1430 g/mol. The Morgan fingerprint density at radius 2 is 0.789 bits per heavy atom. The van der Waals surface area contributed by atoms with Crippen LogP contribution in [0, 0.1) is 13.8 Å². The van der Waals surface area contributed by atoms with Gasteiger partial charge >= 0.3 is 17.9 Å². The summed E-state index contributed by atoms with van der Waals surface area (Å²) in [5, 5.41) is 32.8. The van der Waals surface area contributed by atoms with Crippen LogP contribution in [-0.4, -0.2) is 70.1 Å². The van der Waals surface area contributed by atoms with Crippen LogP contribution in [0.1, 0.15) is 133 Å². The van der Waals surface area contributed by atoms with Crippen LogP contribution in [0.15, 0.2) is 111 Å². The molecular formula is C67H53Cl9F3N5O11. The van der Waals surface area contributed by atoms with Gasteiger partial charge in [-0.3, -0.25) is 18.7 Å². The Balaban J connectivity index is 0.000000190. The van der Waals surface area contributed by atoms with E-state index in [4.69, 9.17) is 128 Å². The van der Waals surface area contributed by atoms with Crippen LogP contribution < -0.4 is 0 Å². The number of nitrogens with zero attached hydrogens (tertiary/aromatic N) is 5. The molecule has 0 aliphatic heterocycles. The molecule has 5 aromatic carbocycles. The molecule has 0 aliphatic carbocycles. The van der Waals surface area contributed by atoms with Crippen LogP contribution in [-0.2, 0) is 31.3 Å². The summed E-state index contributed by atoms with van der Waals surface area (Å²) < 4.78 is 68.1. The first-order valence-corrected chi connectivity index (χ1v) is 31.4.